The Labute approximate surface area is 199 Å². The van der Waals surface area contributed by atoms with E-state index in [0.29, 0.717) is 41.5 Å². The first kappa shape index (κ1) is 23.6. The van der Waals surface area contributed by atoms with Crippen molar-refractivity contribution in [2.24, 2.45) is 0 Å². The molecule has 1 saturated heterocycles. The Morgan fingerprint density at radius 1 is 0.882 bits per heavy atom. The molecule has 9 heteroatoms. The number of hydrogen-bond acceptors (Lipinski definition) is 6. The maximum Gasteiger partial charge on any atom is 0.243 e. The van der Waals surface area contributed by atoms with Gasteiger partial charge >= 0.3 is 0 Å². The lowest BCUT2D eigenvalue weighted by atomic mass is 10.2. The van der Waals surface area contributed by atoms with Crippen LogP contribution in [-0.4, -0.2) is 45.4 Å². The summed E-state index contributed by atoms with van der Waals surface area (Å²) in [6.45, 7) is 0.290. The molecule has 0 spiro atoms. The number of nitrogens with zero attached hydrogens (tertiary/aromatic N) is 1. The predicted molar refractivity (Wildman–Crippen MR) is 128 cm³/mol. The zero-order valence-corrected chi connectivity index (χ0v) is 19.7. The third-order valence-electron chi connectivity index (χ3n) is 5.59. The van der Waals surface area contributed by atoms with Gasteiger partial charge in [0.15, 0.2) is 11.5 Å². The Bertz CT molecular complexity index is 1240. The molecule has 178 valence electrons. The Balaban J connectivity index is 1.44. The molecule has 0 unspecified atom stereocenters. The summed E-state index contributed by atoms with van der Waals surface area (Å²) in [5.41, 5.74) is 0.547. The van der Waals surface area contributed by atoms with Crippen LogP contribution in [0, 0.1) is 0 Å². The van der Waals surface area contributed by atoms with E-state index in [1.807, 2.05) is 12.1 Å². The largest absolute Gasteiger partial charge is 0.497 e. The van der Waals surface area contributed by atoms with Gasteiger partial charge in [-0.2, -0.15) is 4.31 Å². The molecular weight excluding hydrogens is 456 g/mol. The van der Waals surface area contributed by atoms with E-state index >= 15 is 0 Å². The van der Waals surface area contributed by atoms with Crippen LogP contribution < -0.4 is 19.5 Å². The molecule has 1 atom stereocenters. The standard InChI is InChI=1S/C25H26N2O6S/c1-31-19-13-15-21(16-14-19)34(29,30)27-17-5-6-22(27)25(28)26-18-9-11-20(12-10-18)33-24-8-4-3-7-23(24)32-2/h3-4,7-16,22H,5-6,17H2,1-2H3,(H,26,28)/t22-/m0/s1. The lowest BCUT2D eigenvalue weighted by molar-refractivity contribution is -0.119. The van der Waals surface area contributed by atoms with E-state index in [-0.39, 0.29) is 17.3 Å². The molecule has 0 saturated carbocycles. The highest BCUT2D eigenvalue weighted by atomic mass is 32.2. The molecule has 1 heterocycles. The van der Waals surface area contributed by atoms with Crippen LogP contribution >= 0.6 is 0 Å². The van der Waals surface area contributed by atoms with Gasteiger partial charge in [-0.05, 0) is 73.5 Å². The van der Waals surface area contributed by atoms with Gasteiger partial charge < -0.3 is 19.5 Å². The summed E-state index contributed by atoms with van der Waals surface area (Å²) in [6.07, 6.45) is 1.06. The van der Waals surface area contributed by atoms with Crippen molar-refractivity contribution in [1.29, 1.82) is 0 Å². The number of methoxy groups -OCH3 is 2. The normalized spacial score (nSPS) is 16.1. The third kappa shape index (κ3) is 5.00. The van der Waals surface area contributed by atoms with Crippen molar-refractivity contribution >= 4 is 21.6 Å². The molecule has 1 N–H and O–H groups in total. The number of ether oxygens (including phenoxy) is 3. The SMILES string of the molecule is COc1ccc(S(=O)(=O)N2CCC[C@H]2C(=O)Nc2ccc(Oc3ccccc3OC)cc2)cc1. The van der Waals surface area contributed by atoms with Crippen molar-refractivity contribution in [3.8, 4) is 23.0 Å². The van der Waals surface area contributed by atoms with Gasteiger partial charge in [0.25, 0.3) is 0 Å². The van der Waals surface area contributed by atoms with Gasteiger partial charge in [-0.25, -0.2) is 8.42 Å². The van der Waals surface area contributed by atoms with Gasteiger partial charge in [0.2, 0.25) is 15.9 Å². The Hall–Kier alpha value is -3.56. The Kier molecular flexibility index (Phi) is 7.04. The first-order valence-corrected chi connectivity index (χ1v) is 12.2. The predicted octanol–water partition coefficient (Wildman–Crippen LogP) is 4.29. The second kappa shape index (κ2) is 10.1. The third-order valence-corrected chi connectivity index (χ3v) is 7.51. The average molecular weight is 483 g/mol. The molecule has 1 fully saturated rings. The van der Waals surface area contributed by atoms with Crippen LogP contribution in [0.1, 0.15) is 12.8 Å². The zero-order valence-electron chi connectivity index (χ0n) is 18.9. The van der Waals surface area contributed by atoms with Crippen LogP contribution in [0.25, 0.3) is 0 Å². The minimum absolute atomic E-state index is 0.130. The number of nitrogens with one attached hydrogen (secondary N) is 1. The molecule has 4 rings (SSSR count). The van der Waals surface area contributed by atoms with Crippen molar-refractivity contribution in [3.63, 3.8) is 0 Å². The summed E-state index contributed by atoms with van der Waals surface area (Å²) >= 11 is 0. The van der Waals surface area contributed by atoms with Gasteiger partial charge in [0.05, 0.1) is 19.1 Å². The summed E-state index contributed by atoms with van der Waals surface area (Å²) in [7, 11) is -0.726. The van der Waals surface area contributed by atoms with Crippen molar-refractivity contribution < 1.29 is 27.4 Å². The van der Waals surface area contributed by atoms with Crippen molar-refractivity contribution in [1.82, 2.24) is 4.31 Å². The van der Waals surface area contributed by atoms with E-state index in [9.17, 15) is 13.2 Å². The molecule has 34 heavy (non-hydrogen) atoms. The number of amides is 1. The molecular formula is C25H26N2O6S. The first-order chi connectivity index (χ1) is 16.4. The fourth-order valence-electron chi connectivity index (χ4n) is 3.83. The lowest BCUT2D eigenvalue weighted by Crippen LogP contribution is -2.43. The molecule has 0 aromatic heterocycles. The van der Waals surface area contributed by atoms with E-state index in [2.05, 4.69) is 5.32 Å². The summed E-state index contributed by atoms with van der Waals surface area (Å²) in [5, 5.41) is 2.82. The van der Waals surface area contributed by atoms with E-state index in [1.54, 1.807) is 55.6 Å². The molecule has 3 aromatic rings. The van der Waals surface area contributed by atoms with E-state index in [1.165, 1.54) is 23.5 Å². The maximum absolute atomic E-state index is 13.2. The number of carbonyl (C=O) groups is 1. The number of para-hydroxylation sites is 2. The van der Waals surface area contributed by atoms with Gasteiger partial charge in [0.1, 0.15) is 17.5 Å². The van der Waals surface area contributed by atoms with Crippen LogP contribution in [0.15, 0.2) is 77.7 Å². The van der Waals surface area contributed by atoms with Gasteiger partial charge in [-0.15, -0.1) is 0 Å². The number of carbonyl (C=O) groups excluding carboxylic acids is 1. The molecule has 3 aromatic carbocycles. The quantitative estimate of drug-likeness (QED) is 0.515. The molecule has 8 nitrogen and oxygen atoms in total. The van der Waals surface area contributed by atoms with Crippen molar-refractivity contribution in [3.05, 3.63) is 72.8 Å². The molecule has 1 amide bonds. The minimum atomic E-state index is -3.81. The number of rotatable bonds is 8. The summed E-state index contributed by atoms with van der Waals surface area (Å²) in [4.78, 5) is 13.1. The second-order valence-electron chi connectivity index (χ2n) is 7.72. The highest BCUT2D eigenvalue weighted by Crippen LogP contribution is 2.32. The fraction of sp³-hybridized carbons (Fsp3) is 0.240. The molecule has 1 aliphatic rings. The summed E-state index contributed by atoms with van der Waals surface area (Å²) in [6, 6.07) is 19.5. The van der Waals surface area contributed by atoms with Gasteiger partial charge in [0, 0.05) is 12.2 Å². The second-order valence-corrected chi connectivity index (χ2v) is 9.61. The lowest BCUT2D eigenvalue weighted by Gasteiger charge is -2.23. The smallest absolute Gasteiger partial charge is 0.243 e. The first-order valence-electron chi connectivity index (χ1n) is 10.8. The van der Waals surface area contributed by atoms with E-state index in [4.69, 9.17) is 14.2 Å². The Morgan fingerprint density at radius 3 is 2.18 bits per heavy atom. The fourth-order valence-corrected chi connectivity index (χ4v) is 5.49. The van der Waals surface area contributed by atoms with E-state index in [0.717, 1.165) is 0 Å². The number of hydrogen-bond donors (Lipinski definition) is 1. The van der Waals surface area contributed by atoms with Gasteiger partial charge in [-0.1, -0.05) is 12.1 Å². The van der Waals surface area contributed by atoms with Crippen molar-refractivity contribution in [2.75, 3.05) is 26.1 Å². The topological polar surface area (TPSA) is 94.2 Å². The highest BCUT2D eigenvalue weighted by Gasteiger charge is 2.39. The molecule has 0 bridgehead atoms. The zero-order chi connectivity index (χ0) is 24.1. The minimum Gasteiger partial charge on any atom is -0.497 e. The van der Waals surface area contributed by atoms with Gasteiger partial charge in [-0.3, -0.25) is 4.79 Å². The number of sulfonamides is 1. The number of anilines is 1. The Morgan fingerprint density at radius 2 is 1.53 bits per heavy atom. The van der Waals surface area contributed by atoms with E-state index < -0.39 is 16.1 Å². The summed E-state index contributed by atoms with van der Waals surface area (Å²) < 4.78 is 43.8. The highest BCUT2D eigenvalue weighted by molar-refractivity contribution is 7.89. The molecule has 0 aliphatic carbocycles. The van der Waals surface area contributed by atoms with Crippen LogP contribution in [-0.2, 0) is 14.8 Å². The monoisotopic (exact) mass is 482 g/mol. The van der Waals surface area contributed by atoms with Crippen molar-refractivity contribution in [2.45, 2.75) is 23.8 Å². The maximum atomic E-state index is 13.2. The average Bonchev–Trinajstić information content (AvgIpc) is 3.37. The molecule has 1 aliphatic heterocycles. The van der Waals surface area contributed by atoms with Crippen LogP contribution in [0.5, 0.6) is 23.0 Å². The summed E-state index contributed by atoms with van der Waals surface area (Å²) in [5.74, 6) is 1.96. The number of benzene rings is 3. The molecule has 0 radical (unpaired) electrons. The van der Waals surface area contributed by atoms with Crippen LogP contribution in [0.4, 0.5) is 5.69 Å². The van der Waals surface area contributed by atoms with Crippen LogP contribution in [0.2, 0.25) is 0 Å². The van der Waals surface area contributed by atoms with Crippen LogP contribution in [0.3, 0.4) is 0 Å².